The molecule has 1 aromatic heterocycles. The van der Waals surface area contributed by atoms with Crippen molar-refractivity contribution in [2.75, 3.05) is 5.75 Å². The van der Waals surface area contributed by atoms with E-state index in [4.69, 9.17) is 5.11 Å². The predicted octanol–water partition coefficient (Wildman–Crippen LogP) is 6.03. The van der Waals surface area contributed by atoms with Crippen LogP contribution in [-0.4, -0.2) is 32.6 Å². The molecule has 0 saturated heterocycles. The quantitative estimate of drug-likeness (QED) is 0.399. The summed E-state index contributed by atoms with van der Waals surface area (Å²) in [5.74, 6) is -1.35. The van der Waals surface area contributed by atoms with Crippen LogP contribution in [0.25, 0.3) is 33.0 Å². The van der Waals surface area contributed by atoms with E-state index in [9.17, 15) is 9.18 Å². The van der Waals surface area contributed by atoms with Crippen LogP contribution in [0.3, 0.4) is 0 Å². The van der Waals surface area contributed by atoms with Gasteiger partial charge in [-0.1, -0.05) is 48.2 Å². The first kappa shape index (κ1) is 21.0. The Hall–Kier alpha value is -3.84. The Morgan fingerprint density at radius 1 is 0.848 bits per heavy atom. The minimum atomic E-state index is -0.893. The van der Waals surface area contributed by atoms with Gasteiger partial charge in [0.25, 0.3) is 0 Å². The van der Waals surface area contributed by atoms with Gasteiger partial charge in [0.2, 0.25) is 0 Å². The molecule has 0 fully saturated rings. The Bertz CT molecular complexity index is 1450. The number of rotatable bonds is 5. The minimum Gasteiger partial charge on any atom is -0.481 e. The lowest BCUT2D eigenvalue weighted by molar-refractivity contribution is -0.133. The molecule has 1 N–H and O–H groups in total. The van der Waals surface area contributed by atoms with Crippen LogP contribution in [0.5, 0.6) is 0 Å². The van der Waals surface area contributed by atoms with Crippen molar-refractivity contribution in [3.63, 3.8) is 0 Å². The maximum absolute atomic E-state index is 13.9. The second-order valence-corrected chi connectivity index (χ2v) is 8.70. The predicted molar refractivity (Wildman–Crippen MR) is 131 cm³/mol. The van der Waals surface area contributed by atoms with Crippen LogP contribution in [0.4, 0.5) is 4.39 Å². The van der Waals surface area contributed by atoms with Crippen molar-refractivity contribution >= 4 is 39.3 Å². The lowest BCUT2D eigenvalue weighted by Crippen LogP contribution is -2.05. The van der Waals surface area contributed by atoms with Crippen LogP contribution in [-0.2, 0) is 4.79 Å². The molecule has 1 aliphatic heterocycles. The molecule has 4 aromatic rings. The topological polar surface area (TPSA) is 74.9 Å². The number of hydrogen-bond donors (Lipinski definition) is 1. The Morgan fingerprint density at radius 2 is 1.61 bits per heavy atom. The number of pyridine rings is 1. The van der Waals surface area contributed by atoms with E-state index in [-0.39, 0.29) is 5.75 Å². The maximum atomic E-state index is 13.9. The molecule has 0 unspecified atom stereocenters. The van der Waals surface area contributed by atoms with E-state index >= 15 is 0 Å². The van der Waals surface area contributed by atoms with Crippen molar-refractivity contribution in [2.45, 2.75) is 6.42 Å². The van der Waals surface area contributed by atoms with Crippen LogP contribution in [0.2, 0.25) is 0 Å². The van der Waals surface area contributed by atoms with Crippen molar-refractivity contribution in [3.8, 4) is 22.3 Å². The molecule has 5 nitrogen and oxygen atoms in total. The van der Waals surface area contributed by atoms with Crippen molar-refractivity contribution < 1.29 is 14.3 Å². The number of aromatic nitrogens is 1. The molecule has 5 rings (SSSR count). The summed E-state index contributed by atoms with van der Waals surface area (Å²) in [6, 6.07) is 21.9. The van der Waals surface area contributed by atoms with Gasteiger partial charge in [-0.05, 0) is 63.4 Å². The number of halogens is 1. The minimum absolute atomic E-state index is 0.0566. The molecule has 0 saturated carbocycles. The van der Waals surface area contributed by atoms with Crippen LogP contribution in [0.15, 0.2) is 89.3 Å². The van der Waals surface area contributed by atoms with Crippen molar-refractivity contribution in [2.24, 2.45) is 10.2 Å². The zero-order valence-electron chi connectivity index (χ0n) is 17.4. The Balaban J connectivity index is 1.56. The van der Waals surface area contributed by atoms with Crippen molar-refractivity contribution in [1.82, 2.24) is 4.98 Å². The molecule has 0 aliphatic carbocycles. The van der Waals surface area contributed by atoms with Gasteiger partial charge in [-0.3, -0.25) is 9.78 Å². The highest BCUT2D eigenvalue weighted by Gasteiger charge is 2.18. The first-order valence-electron chi connectivity index (χ1n) is 10.3. The standard InChI is InChI=1S/C26H18FN3O2S/c27-23-11-22(13-28-14-23)20-8-19(18-6-5-16-3-1-2-4-17(16)7-18)9-21(10-20)24-12-25(30-29-24)33-15-26(31)32/h1-11,13-14H,12,15H2,(H,31,32). The molecule has 0 bridgehead atoms. The molecule has 0 atom stereocenters. The number of thioether (sulfide) groups is 1. The highest BCUT2D eigenvalue weighted by atomic mass is 32.2. The van der Waals surface area contributed by atoms with Gasteiger partial charge >= 0.3 is 5.97 Å². The zero-order chi connectivity index (χ0) is 22.8. The zero-order valence-corrected chi connectivity index (χ0v) is 18.2. The molecule has 0 radical (unpaired) electrons. The molecule has 0 spiro atoms. The van der Waals surface area contributed by atoms with Gasteiger partial charge in [-0.25, -0.2) is 4.39 Å². The first-order chi connectivity index (χ1) is 16.0. The average Bonchev–Trinajstić information content (AvgIpc) is 3.31. The largest absolute Gasteiger partial charge is 0.481 e. The van der Waals surface area contributed by atoms with Gasteiger partial charge in [-0.2, -0.15) is 5.10 Å². The van der Waals surface area contributed by atoms with Crippen molar-refractivity contribution in [3.05, 3.63) is 90.5 Å². The number of carbonyl (C=O) groups is 1. The second-order valence-electron chi connectivity index (χ2n) is 7.65. The number of hydrogen-bond acceptors (Lipinski definition) is 5. The molecule has 1 aliphatic rings. The Morgan fingerprint density at radius 3 is 2.39 bits per heavy atom. The average molecular weight is 456 g/mol. The van der Waals surface area contributed by atoms with E-state index in [0.717, 1.165) is 38.7 Å². The Kier molecular flexibility index (Phi) is 5.71. The van der Waals surface area contributed by atoms with Gasteiger partial charge in [0.05, 0.1) is 17.7 Å². The van der Waals surface area contributed by atoms with E-state index in [1.54, 1.807) is 6.20 Å². The SMILES string of the molecule is O=C(O)CSC1=NN=C(c2cc(-c3cncc(F)c3)cc(-c3ccc4ccccc4c3)c2)C1. The molecule has 162 valence electrons. The van der Waals surface area contributed by atoms with E-state index in [1.165, 1.54) is 24.0 Å². The highest BCUT2D eigenvalue weighted by molar-refractivity contribution is 8.14. The monoisotopic (exact) mass is 455 g/mol. The third-order valence-corrected chi connectivity index (χ3v) is 6.30. The highest BCUT2D eigenvalue weighted by Crippen LogP contribution is 2.32. The van der Waals surface area contributed by atoms with Crippen LogP contribution < -0.4 is 0 Å². The summed E-state index contributed by atoms with van der Waals surface area (Å²) < 4.78 is 13.9. The summed E-state index contributed by atoms with van der Waals surface area (Å²) in [5, 5.41) is 20.3. The summed E-state index contributed by atoms with van der Waals surface area (Å²) in [4.78, 5) is 14.9. The van der Waals surface area contributed by atoms with E-state index < -0.39 is 11.8 Å². The molecule has 33 heavy (non-hydrogen) atoms. The maximum Gasteiger partial charge on any atom is 0.313 e. The van der Waals surface area contributed by atoms with E-state index in [2.05, 4.69) is 45.5 Å². The summed E-state index contributed by atoms with van der Waals surface area (Å²) >= 11 is 1.17. The molecular weight excluding hydrogens is 437 g/mol. The van der Waals surface area contributed by atoms with Crippen LogP contribution in [0.1, 0.15) is 12.0 Å². The lowest BCUT2D eigenvalue weighted by atomic mass is 9.93. The fraction of sp³-hybridized carbons (Fsp3) is 0.0769. The van der Waals surface area contributed by atoms with E-state index in [1.807, 2.05) is 30.3 Å². The summed E-state index contributed by atoms with van der Waals surface area (Å²) in [6.45, 7) is 0. The third kappa shape index (κ3) is 4.68. The molecule has 0 amide bonds. The number of benzene rings is 3. The smallest absolute Gasteiger partial charge is 0.313 e. The van der Waals surface area contributed by atoms with Crippen molar-refractivity contribution in [1.29, 1.82) is 0 Å². The van der Waals surface area contributed by atoms with Gasteiger partial charge in [0.1, 0.15) is 10.9 Å². The summed E-state index contributed by atoms with van der Waals surface area (Å²) in [7, 11) is 0. The number of aliphatic carboxylic acids is 1. The van der Waals surface area contributed by atoms with Crippen LogP contribution in [0, 0.1) is 5.82 Å². The summed E-state index contributed by atoms with van der Waals surface area (Å²) in [6.07, 6.45) is 3.27. The fourth-order valence-corrected chi connectivity index (χ4v) is 4.41. The summed E-state index contributed by atoms with van der Waals surface area (Å²) in [5.41, 5.74) is 5.08. The number of nitrogens with zero attached hydrogens (tertiary/aromatic N) is 3. The van der Waals surface area contributed by atoms with Gasteiger partial charge in [0.15, 0.2) is 0 Å². The molecular formula is C26H18FN3O2S. The molecule has 3 aromatic carbocycles. The van der Waals surface area contributed by atoms with E-state index in [0.29, 0.717) is 17.0 Å². The number of carboxylic acids is 1. The number of carboxylic acid groups (broad SMARTS) is 1. The van der Waals surface area contributed by atoms with Gasteiger partial charge in [0, 0.05) is 18.2 Å². The lowest BCUT2D eigenvalue weighted by Gasteiger charge is -2.11. The Labute approximate surface area is 193 Å². The molecule has 7 heteroatoms. The molecule has 2 heterocycles. The fourth-order valence-electron chi connectivity index (χ4n) is 3.78. The second kappa shape index (κ2) is 8.96. The number of fused-ring (bicyclic) bond motifs is 1. The first-order valence-corrected chi connectivity index (χ1v) is 11.3. The third-order valence-electron chi connectivity index (χ3n) is 5.35. The normalized spacial score (nSPS) is 13.1. The van der Waals surface area contributed by atoms with Gasteiger partial charge in [-0.15, -0.1) is 5.10 Å². The van der Waals surface area contributed by atoms with Crippen LogP contribution >= 0.6 is 11.8 Å². The van der Waals surface area contributed by atoms with Gasteiger partial charge < -0.3 is 5.11 Å².